The Labute approximate surface area is 566 Å². The van der Waals surface area contributed by atoms with Crippen molar-refractivity contribution >= 4 is 53.2 Å². The van der Waals surface area contributed by atoms with Gasteiger partial charge in [0.15, 0.2) is 17.9 Å². The number of benzene rings is 4. The van der Waals surface area contributed by atoms with Crippen molar-refractivity contribution in [2.24, 2.45) is 5.92 Å². The minimum atomic E-state index is -0.674. The number of ether oxygens (including phenoxy) is 2. The first kappa shape index (κ1) is 74.2. The van der Waals surface area contributed by atoms with Gasteiger partial charge in [-0.1, -0.05) is 78.9 Å². The van der Waals surface area contributed by atoms with Gasteiger partial charge in [-0.3, -0.25) is 43.9 Å². The highest BCUT2D eigenvalue weighted by atomic mass is 16.6. The van der Waals surface area contributed by atoms with Crippen molar-refractivity contribution < 1.29 is 63.5 Å². The number of aromatic nitrogens is 4. The Kier molecular flexibility index (Phi) is 26.4. The molecule has 21 nitrogen and oxygen atoms in total. The Bertz CT molecular complexity index is 4050. The van der Waals surface area contributed by atoms with E-state index in [1.807, 2.05) is 107 Å². The zero-order valence-corrected chi connectivity index (χ0v) is 56.6. The molecule has 0 spiro atoms. The number of aliphatic hydroxyl groups is 4. The molecule has 508 valence electrons. The highest BCUT2D eigenvalue weighted by Gasteiger charge is 2.26. The Morgan fingerprint density at radius 3 is 1.20 bits per heavy atom. The summed E-state index contributed by atoms with van der Waals surface area (Å²) >= 11 is 0. The number of aryl methyl sites for hydroxylation is 1. The van der Waals surface area contributed by atoms with Gasteiger partial charge in [-0.25, -0.2) is 9.59 Å². The zero-order valence-electron chi connectivity index (χ0n) is 56.6. The molecule has 4 amide bonds. The molecule has 0 aliphatic carbocycles. The van der Waals surface area contributed by atoms with Crippen molar-refractivity contribution in [3.63, 3.8) is 0 Å². The van der Waals surface area contributed by atoms with Gasteiger partial charge in [-0.15, -0.1) is 0 Å². The third-order valence-electron chi connectivity index (χ3n) is 15.9. The van der Waals surface area contributed by atoms with Gasteiger partial charge in [0.25, 0.3) is 11.8 Å². The summed E-state index contributed by atoms with van der Waals surface area (Å²) in [6, 6.07) is 36.2. The first-order valence-corrected chi connectivity index (χ1v) is 31.9. The van der Waals surface area contributed by atoms with Crippen molar-refractivity contribution in [1.82, 2.24) is 29.7 Å². The summed E-state index contributed by atoms with van der Waals surface area (Å²) in [6.45, 7) is 18.4. The van der Waals surface area contributed by atoms with E-state index < -0.39 is 29.3 Å². The number of amides is 4. The molecule has 8 aromatic rings. The van der Waals surface area contributed by atoms with E-state index in [9.17, 15) is 54.0 Å². The number of carbonyl (C=O) groups is 7. The van der Waals surface area contributed by atoms with Gasteiger partial charge in [0, 0.05) is 86.8 Å². The summed E-state index contributed by atoms with van der Waals surface area (Å²) in [4.78, 5) is 109. The molecule has 4 aromatic heterocycles. The van der Waals surface area contributed by atoms with Crippen LogP contribution in [0.5, 0.6) is 0 Å². The number of aldehydes is 1. The Morgan fingerprint density at radius 1 is 0.474 bits per heavy atom. The van der Waals surface area contributed by atoms with Crippen molar-refractivity contribution in [2.45, 2.75) is 119 Å². The molecule has 0 unspecified atom stereocenters. The molecule has 0 aliphatic heterocycles. The van der Waals surface area contributed by atoms with Crippen LogP contribution in [0, 0.1) is 33.6 Å². The summed E-state index contributed by atoms with van der Waals surface area (Å²) in [6.07, 6.45) is 7.23. The van der Waals surface area contributed by atoms with E-state index in [1.165, 1.54) is 28.1 Å². The second kappa shape index (κ2) is 34.5. The predicted octanol–water partition coefficient (Wildman–Crippen LogP) is 11.7. The molecular formula is C76H86N8O13. The standard InChI is InChI=1S/C40H48N4O7.C36H38N4O6/c1-26-31(20-37(48)35-16-15-29(22-41-35)23-44(18-19-45)39(50)51-40(3,4)5)8-6-9-32(26)33-10-7-11-34(27(33)2)43-38(49)36-17-14-28(21-42-36)12-13-30(24-46)25-47;1-23-27(18-33(43)31-14-12-25(19-37-31)21-40(16-17-41)35(45)46-36(3,4)5)8-6-9-28(23)29-10-7-11-30(24(29)2)39-34(44)32-15-13-26(22-42)20-38-32/h6-11,14-17,21-22,30,45-47H,12-13,18-20,23-25H2,1-5H3,(H,43,49);6-15,19-20,22,41H,16-18,21H2,1-5H3,(H,39,44). The van der Waals surface area contributed by atoms with E-state index in [0.29, 0.717) is 58.6 Å². The number of anilines is 2. The molecule has 97 heavy (non-hydrogen) atoms. The molecule has 6 N–H and O–H groups in total. The molecule has 0 aliphatic rings. The molecule has 0 atom stereocenters. The normalized spacial score (nSPS) is 11.2. The average molecular weight is 1320 g/mol. The Balaban J connectivity index is 0.000000275. The number of hydrogen-bond acceptors (Lipinski definition) is 17. The second-order valence-electron chi connectivity index (χ2n) is 25.5. The Hall–Kier alpha value is -10.2. The van der Waals surface area contributed by atoms with Crippen molar-refractivity contribution in [1.29, 1.82) is 0 Å². The molecule has 0 fully saturated rings. The minimum absolute atomic E-state index is 0.0789. The number of Topliss-reactive ketones (excluding diaryl/α,β-unsaturated/α-hetero) is 2. The number of rotatable bonds is 26. The molecule has 0 bridgehead atoms. The second-order valence-corrected chi connectivity index (χ2v) is 25.5. The SMILES string of the molecule is Cc1c(CC(=O)c2ccc(CN(CCO)C(=O)OC(C)(C)C)cn2)cccc1-c1cccc(NC(=O)c2ccc(C=O)cn2)c1C.Cc1c(CC(=O)c2ccc(CN(CCO)C(=O)OC(C)(C)C)cn2)cccc1-c1cccc(NC(=O)c2ccc(CCC(CO)CO)cn2)c1C. The maximum atomic E-state index is 13.4. The van der Waals surface area contributed by atoms with Crippen LogP contribution >= 0.6 is 0 Å². The van der Waals surface area contributed by atoms with Gasteiger partial charge < -0.3 is 50.3 Å². The summed E-state index contributed by atoms with van der Waals surface area (Å²) in [5.74, 6) is -1.22. The molecular weight excluding hydrogens is 1230 g/mol. The van der Waals surface area contributed by atoms with Crippen LogP contribution in [0.3, 0.4) is 0 Å². The van der Waals surface area contributed by atoms with E-state index in [2.05, 4.69) is 30.6 Å². The van der Waals surface area contributed by atoms with Gasteiger partial charge in [-0.05, 0) is 197 Å². The lowest BCUT2D eigenvalue weighted by atomic mass is 9.91. The molecule has 4 heterocycles. The number of nitrogens with zero attached hydrogens (tertiary/aromatic N) is 6. The van der Waals surface area contributed by atoms with Crippen LogP contribution in [0.4, 0.5) is 21.0 Å². The summed E-state index contributed by atoms with van der Waals surface area (Å²) in [5.41, 5.74) is 12.7. The number of nitrogens with one attached hydrogen (secondary N) is 2. The molecule has 8 rings (SSSR count). The van der Waals surface area contributed by atoms with Crippen molar-refractivity contribution in [2.75, 3.05) is 50.2 Å². The molecule has 4 aromatic carbocycles. The lowest BCUT2D eigenvalue weighted by Crippen LogP contribution is -2.38. The quantitative estimate of drug-likeness (QED) is 0.0217. The van der Waals surface area contributed by atoms with Crippen LogP contribution in [-0.2, 0) is 41.8 Å². The first-order valence-electron chi connectivity index (χ1n) is 31.9. The minimum Gasteiger partial charge on any atom is -0.444 e. The van der Waals surface area contributed by atoms with Crippen LogP contribution in [0.2, 0.25) is 0 Å². The van der Waals surface area contributed by atoms with Crippen molar-refractivity contribution in [3.8, 4) is 22.3 Å². The van der Waals surface area contributed by atoms with Gasteiger partial charge >= 0.3 is 12.2 Å². The number of pyridine rings is 4. The fraction of sp³-hybridized carbons (Fsp3) is 0.329. The first-order chi connectivity index (χ1) is 46.2. The van der Waals surface area contributed by atoms with E-state index in [4.69, 9.17) is 9.47 Å². The molecule has 0 saturated carbocycles. The predicted molar refractivity (Wildman–Crippen MR) is 370 cm³/mol. The number of aliphatic hydroxyl groups excluding tert-OH is 4. The van der Waals surface area contributed by atoms with Crippen LogP contribution < -0.4 is 10.6 Å². The van der Waals surface area contributed by atoms with E-state index >= 15 is 0 Å². The summed E-state index contributed by atoms with van der Waals surface area (Å²) in [5, 5.41) is 43.3. The molecule has 0 saturated heterocycles. The summed E-state index contributed by atoms with van der Waals surface area (Å²) < 4.78 is 10.9. The van der Waals surface area contributed by atoms with Crippen molar-refractivity contribution in [3.05, 3.63) is 225 Å². The highest BCUT2D eigenvalue weighted by Crippen LogP contribution is 2.35. The number of carbonyl (C=O) groups excluding carboxylic acids is 7. The number of ketones is 2. The van der Waals surface area contributed by atoms with E-state index in [0.717, 1.165) is 61.2 Å². The van der Waals surface area contributed by atoms with Crippen LogP contribution in [0.15, 0.2) is 146 Å². The third-order valence-corrected chi connectivity index (χ3v) is 15.9. The van der Waals surface area contributed by atoms with Gasteiger partial charge in [-0.2, -0.15) is 0 Å². The summed E-state index contributed by atoms with van der Waals surface area (Å²) in [7, 11) is 0. The maximum absolute atomic E-state index is 13.4. The zero-order chi connectivity index (χ0) is 70.6. The lowest BCUT2D eigenvalue weighted by molar-refractivity contribution is 0.0193. The smallest absolute Gasteiger partial charge is 0.410 e. The van der Waals surface area contributed by atoms with Gasteiger partial charge in [0.2, 0.25) is 0 Å². The third kappa shape index (κ3) is 21.2. The monoisotopic (exact) mass is 1320 g/mol. The van der Waals surface area contributed by atoms with E-state index in [-0.39, 0.29) is 100 Å². The van der Waals surface area contributed by atoms with Crippen LogP contribution in [0.25, 0.3) is 22.3 Å². The van der Waals surface area contributed by atoms with E-state index in [1.54, 1.807) is 90.5 Å². The van der Waals surface area contributed by atoms with Crippen LogP contribution in [-0.4, -0.2) is 143 Å². The Morgan fingerprint density at radius 2 is 0.845 bits per heavy atom. The lowest BCUT2D eigenvalue weighted by Gasteiger charge is -2.27. The molecule has 21 heteroatoms. The van der Waals surface area contributed by atoms with Gasteiger partial charge in [0.05, 0.1) is 26.3 Å². The molecule has 0 radical (unpaired) electrons. The van der Waals surface area contributed by atoms with Gasteiger partial charge in [0.1, 0.15) is 34.0 Å². The highest BCUT2D eigenvalue weighted by molar-refractivity contribution is 6.05. The van der Waals surface area contributed by atoms with Crippen LogP contribution in [0.1, 0.15) is 150 Å². The fourth-order valence-corrected chi connectivity index (χ4v) is 10.5. The fourth-order valence-electron chi connectivity index (χ4n) is 10.5. The number of hydrogen-bond donors (Lipinski definition) is 6. The topological polar surface area (TPSA) is 301 Å². The largest absolute Gasteiger partial charge is 0.444 e. The maximum Gasteiger partial charge on any atom is 0.410 e. The average Bonchev–Trinajstić information content (AvgIpc) is 0.808.